The van der Waals surface area contributed by atoms with E-state index < -0.39 is 0 Å². The number of ketones is 2. The summed E-state index contributed by atoms with van der Waals surface area (Å²) in [5.74, 6) is 0.481. The van der Waals surface area contributed by atoms with Gasteiger partial charge in [0.05, 0.1) is 12.5 Å². The summed E-state index contributed by atoms with van der Waals surface area (Å²) in [6, 6.07) is 30.8. The van der Waals surface area contributed by atoms with Crippen LogP contribution in [0.25, 0.3) is 0 Å². The standard InChI is InChI=1S/C34H24Cl2O4/c35-23-13-9-21(10-14-23)29-27(31(29)33(37)25-3-1-17-39-25)19-5-7-20(8-6-19)28-30(22-11-15-24(36)16-12-22)32(28)34(38)26-4-2-18-40-26/h1-18,27-32H. The Labute approximate surface area is 241 Å². The van der Waals surface area contributed by atoms with Gasteiger partial charge in [-0.2, -0.15) is 0 Å². The van der Waals surface area contributed by atoms with Crippen molar-refractivity contribution in [3.05, 3.63) is 153 Å². The number of benzene rings is 3. The van der Waals surface area contributed by atoms with E-state index in [0.29, 0.717) is 21.6 Å². The fraction of sp³-hybridized carbons (Fsp3) is 0.176. The molecular weight excluding hydrogens is 543 g/mol. The lowest BCUT2D eigenvalue weighted by molar-refractivity contribution is 0.0928. The second kappa shape index (κ2) is 9.96. The Morgan fingerprint density at radius 1 is 0.475 bits per heavy atom. The number of halogens is 2. The molecule has 6 unspecified atom stereocenters. The Hall–Kier alpha value is -3.86. The molecule has 2 aromatic heterocycles. The summed E-state index contributed by atoms with van der Waals surface area (Å²) < 4.78 is 10.9. The second-order valence-electron chi connectivity index (χ2n) is 10.6. The van der Waals surface area contributed by atoms with E-state index in [1.54, 1.807) is 24.3 Å². The lowest BCUT2D eigenvalue weighted by Gasteiger charge is -2.05. The maximum atomic E-state index is 13.4. The first-order chi connectivity index (χ1) is 19.5. The molecule has 0 aliphatic heterocycles. The molecule has 3 aromatic carbocycles. The van der Waals surface area contributed by atoms with Crippen molar-refractivity contribution in [2.24, 2.45) is 11.8 Å². The van der Waals surface area contributed by atoms with Crippen LogP contribution < -0.4 is 0 Å². The van der Waals surface area contributed by atoms with Gasteiger partial charge in [-0.3, -0.25) is 9.59 Å². The summed E-state index contributed by atoms with van der Waals surface area (Å²) in [5, 5.41) is 1.33. The molecule has 0 N–H and O–H groups in total. The summed E-state index contributed by atoms with van der Waals surface area (Å²) in [4.78, 5) is 26.7. The summed E-state index contributed by atoms with van der Waals surface area (Å²) in [6.07, 6.45) is 3.06. The van der Waals surface area contributed by atoms with Crippen molar-refractivity contribution in [3.8, 4) is 0 Å². The van der Waals surface area contributed by atoms with Crippen LogP contribution in [0.4, 0.5) is 0 Å². The highest BCUT2D eigenvalue weighted by Crippen LogP contribution is 2.64. The van der Waals surface area contributed by atoms with Crippen molar-refractivity contribution in [3.63, 3.8) is 0 Å². The zero-order chi connectivity index (χ0) is 27.4. The minimum atomic E-state index is -0.214. The van der Waals surface area contributed by atoms with Gasteiger partial charge in [0.15, 0.2) is 11.5 Å². The molecule has 0 amide bonds. The van der Waals surface area contributed by atoms with Gasteiger partial charge in [0.25, 0.3) is 0 Å². The summed E-state index contributed by atoms with van der Waals surface area (Å²) in [6.45, 7) is 0. The number of furan rings is 2. The molecule has 4 nitrogen and oxygen atoms in total. The molecule has 0 bridgehead atoms. The Morgan fingerprint density at radius 2 is 0.775 bits per heavy atom. The Balaban J connectivity index is 1.19. The number of hydrogen-bond donors (Lipinski definition) is 0. The number of hydrogen-bond acceptors (Lipinski definition) is 4. The van der Waals surface area contributed by atoms with Gasteiger partial charge >= 0.3 is 0 Å². The topological polar surface area (TPSA) is 60.4 Å². The van der Waals surface area contributed by atoms with Crippen LogP contribution in [0.15, 0.2) is 118 Å². The van der Waals surface area contributed by atoms with Gasteiger partial charge in [0.2, 0.25) is 11.6 Å². The van der Waals surface area contributed by atoms with Crippen LogP contribution in [-0.4, -0.2) is 11.6 Å². The average molecular weight is 567 g/mol. The molecule has 198 valence electrons. The SMILES string of the molecule is O=C(c1ccco1)C1C(c2ccc(Cl)cc2)C1c1ccc(C2C(C(=O)c3ccco3)C2c2ccc(Cl)cc2)cc1. The average Bonchev–Trinajstić information content (AvgIpc) is 3.68. The minimum Gasteiger partial charge on any atom is -0.461 e. The molecule has 6 heteroatoms. The zero-order valence-corrected chi connectivity index (χ0v) is 22.8. The molecule has 0 radical (unpaired) electrons. The highest BCUT2D eigenvalue weighted by atomic mass is 35.5. The van der Waals surface area contributed by atoms with E-state index in [4.69, 9.17) is 32.0 Å². The molecule has 0 saturated heterocycles. The highest BCUT2D eigenvalue weighted by molar-refractivity contribution is 6.30. The number of carbonyl (C=O) groups is 2. The van der Waals surface area contributed by atoms with Crippen molar-refractivity contribution in [1.29, 1.82) is 0 Å². The molecular formula is C34H24Cl2O4. The predicted octanol–water partition coefficient (Wildman–Crippen LogP) is 8.94. The summed E-state index contributed by atoms with van der Waals surface area (Å²) in [7, 11) is 0. The number of carbonyl (C=O) groups excluding carboxylic acids is 2. The molecule has 5 aromatic rings. The van der Waals surface area contributed by atoms with E-state index in [2.05, 4.69) is 24.3 Å². The Bertz CT molecular complexity index is 1530. The van der Waals surface area contributed by atoms with E-state index in [9.17, 15) is 9.59 Å². The third-order valence-corrected chi connectivity index (χ3v) is 8.89. The van der Waals surface area contributed by atoms with E-state index >= 15 is 0 Å². The van der Waals surface area contributed by atoms with Crippen molar-refractivity contribution >= 4 is 34.8 Å². The maximum Gasteiger partial charge on any atom is 0.202 e. The van der Waals surface area contributed by atoms with Crippen LogP contribution in [0.1, 0.15) is 67.0 Å². The first-order valence-electron chi connectivity index (χ1n) is 13.3. The Morgan fingerprint density at radius 3 is 1.05 bits per heavy atom. The lowest BCUT2D eigenvalue weighted by Crippen LogP contribution is -2.03. The normalized spacial score (nSPS) is 24.9. The van der Waals surface area contributed by atoms with E-state index in [1.165, 1.54) is 12.5 Å². The van der Waals surface area contributed by atoms with Crippen molar-refractivity contribution in [2.75, 3.05) is 0 Å². The maximum absolute atomic E-state index is 13.4. The molecule has 2 fully saturated rings. The smallest absolute Gasteiger partial charge is 0.202 e. The van der Waals surface area contributed by atoms with Gasteiger partial charge in [0.1, 0.15) is 0 Å². The van der Waals surface area contributed by atoms with Crippen molar-refractivity contribution < 1.29 is 18.4 Å². The summed E-state index contributed by atoms with van der Waals surface area (Å²) >= 11 is 12.3. The lowest BCUT2D eigenvalue weighted by atomic mass is 9.99. The van der Waals surface area contributed by atoms with E-state index in [-0.39, 0.29) is 47.1 Å². The van der Waals surface area contributed by atoms with E-state index in [0.717, 1.165) is 22.3 Å². The molecule has 2 saturated carbocycles. The van der Waals surface area contributed by atoms with E-state index in [1.807, 2.05) is 48.5 Å². The molecule has 0 spiro atoms. The van der Waals surface area contributed by atoms with Gasteiger partial charge in [-0.1, -0.05) is 71.7 Å². The molecule has 7 rings (SSSR count). The Kier molecular flexibility index (Phi) is 6.25. The first kappa shape index (κ1) is 25.1. The molecule has 40 heavy (non-hydrogen) atoms. The van der Waals surface area contributed by atoms with Crippen molar-refractivity contribution in [1.82, 2.24) is 0 Å². The molecule has 2 aliphatic rings. The number of Topliss-reactive ketones (excluding diaryl/α,β-unsaturated/α-hetero) is 2. The monoisotopic (exact) mass is 566 g/mol. The molecule has 6 atom stereocenters. The molecule has 2 heterocycles. The third kappa shape index (κ3) is 4.42. The van der Waals surface area contributed by atoms with Crippen LogP contribution in [0.3, 0.4) is 0 Å². The van der Waals surface area contributed by atoms with Gasteiger partial charge in [-0.05, 0) is 70.8 Å². The first-order valence-corrected chi connectivity index (χ1v) is 14.0. The highest BCUT2D eigenvalue weighted by Gasteiger charge is 2.58. The van der Waals surface area contributed by atoms with Gasteiger partial charge in [-0.25, -0.2) is 0 Å². The van der Waals surface area contributed by atoms with Crippen LogP contribution >= 0.6 is 23.2 Å². The minimum absolute atomic E-state index is 0.00753. The van der Waals surface area contributed by atoms with Gasteiger partial charge in [-0.15, -0.1) is 0 Å². The fourth-order valence-electron chi connectivity index (χ4n) is 6.41. The van der Waals surface area contributed by atoms with Gasteiger partial charge < -0.3 is 8.83 Å². The van der Waals surface area contributed by atoms with Crippen LogP contribution in [0, 0.1) is 11.8 Å². The quantitative estimate of drug-likeness (QED) is 0.176. The predicted molar refractivity (Wildman–Crippen MR) is 153 cm³/mol. The molecule has 2 aliphatic carbocycles. The van der Waals surface area contributed by atoms with Crippen LogP contribution in [0.2, 0.25) is 10.0 Å². The van der Waals surface area contributed by atoms with Crippen molar-refractivity contribution in [2.45, 2.75) is 23.7 Å². The zero-order valence-electron chi connectivity index (χ0n) is 21.2. The second-order valence-corrected chi connectivity index (χ2v) is 11.5. The fourth-order valence-corrected chi connectivity index (χ4v) is 6.66. The van der Waals surface area contributed by atoms with Crippen LogP contribution in [-0.2, 0) is 0 Å². The third-order valence-electron chi connectivity index (χ3n) is 8.39. The number of rotatable bonds is 8. The van der Waals surface area contributed by atoms with Gasteiger partial charge in [0, 0.05) is 45.6 Å². The summed E-state index contributed by atoms with van der Waals surface area (Å²) in [5.41, 5.74) is 4.34. The largest absolute Gasteiger partial charge is 0.461 e. The van der Waals surface area contributed by atoms with Crippen LogP contribution in [0.5, 0.6) is 0 Å².